The molecule has 0 radical (unpaired) electrons. The number of rotatable bonds is 6. The minimum absolute atomic E-state index is 0.0300. The number of hydrogen-bond donors (Lipinski definition) is 2. The molecule has 1 saturated heterocycles. The highest BCUT2D eigenvalue weighted by Crippen LogP contribution is 2.45. The Bertz CT molecular complexity index is 1110. The molecule has 1 aliphatic heterocycles. The molecule has 2 aromatic carbocycles. The van der Waals surface area contributed by atoms with E-state index in [1.807, 2.05) is 38.1 Å². The predicted molar refractivity (Wildman–Crippen MR) is 131 cm³/mol. The van der Waals surface area contributed by atoms with Crippen molar-refractivity contribution in [1.29, 1.82) is 0 Å². The number of likely N-dealkylation sites (tertiary alicyclic amines) is 1. The number of carboxylic acid groups (broad SMARTS) is 1. The van der Waals surface area contributed by atoms with Crippen molar-refractivity contribution >= 4 is 18.0 Å². The molecule has 1 saturated carbocycles. The molecule has 0 bridgehead atoms. The van der Waals surface area contributed by atoms with Crippen molar-refractivity contribution in [2.24, 2.45) is 11.8 Å². The van der Waals surface area contributed by atoms with E-state index in [-0.39, 0.29) is 36.7 Å². The van der Waals surface area contributed by atoms with Crippen LogP contribution >= 0.6 is 0 Å². The van der Waals surface area contributed by atoms with Crippen molar-refractivity contribution in [2.75, 3.05) is 13.2 Å². The number of ether oxygens (including phenoxy) is 1. The van der Waals surface area contributed by atoms with E-state index in [4.69, 9.17) is 4.74 Å². The molecule has 2 fully saturated rings. The van der Waals surface area contributed by atoms with Gasteiger partial charge in [-0.15, -0.1) is 0 Å². The maximum absolute atomic E-state index is 13.2. The summed E-state index contributed by atoms with van der Waals surface area (Å²) >= 11 is 0. The molecule has 2 aromatic rings. The van der Waals surface area contributed by atoms with Crippen molar-refractivity contribution < 1.29 is 24.2 Å². The number of fused-ring (bicyclic) bond motifs is 3. The van der Waals surface area contributed by atoms with Crippen molar-refractivity contribution in [1.82, 2.24) is 10.2 Å². The molecule has 1 heterocycles. The Morgan fingerprint density at radius 1 is 1.03 bits per heavy atom. The first-order chi connectivity index (χ1) is 16.8. The predicted octanol–water partition coefficient (Wildman–Crippen LogP) is 4.41. The Kier molecular flexibility index (Phi) is 6.03. The normalized spacial score (nSPS) is 24.3. The fourth-order valence-electron chi connectivity index (χ4n) is 5.97. The van der Waals surface area contributed by atoms with E-state index in [2.05, 4.69) is 29.6 Å². The van der Waals surface area contributed by atoms with Crippen LogP contribution in [0.25, 0.3) is 11.1 Å². The Morgan fingerprint density at radius 3 is 2.20 bits per heavy atom. The number of alkyl carbamates (subject to hydrolysis) is 1. The summed E-state index contributed by atoms with van der Waals surface area (Å²) in [6.07, 6.45) is 1.70. The molecule has 3 unspecified atom stereocenters. The monoisotopic (exact) mass is 476 g/mol. The minimum Gasteiger partial charge on any atom is -0.480 e. The van der Waals surface area contributed by atoms with Gasteiger partial charge in [-0.1, -0.05) is 62.4 Å². The number of nitrogens with zero attached hydrogens (tertiary/aromatic N) is 1. The van der Waals surface area contributed by atoms with Crippen molar-refractivity contribution in [3.8, 4) is 11.1 Å². The van der Waals surface area contributed by atoms with E-state index in [9.17, 15) is 19.5 Å². The van der Waals surface area contributed by atoms with Gasteiger partial charge in [-0.25, -0.2) is 9.59 Å². The Labute approximate surface area is 205 Å². The van der Waals surface area contributed by atoms with Crippen LogP contribution in [-0.2, 0) is 14.3 Å². The summed E-state index contributed by atoms with van der Waals surface area (Å²) in [4.78, 5) is 39.3. The van der Waals surface area contributed by atoms with E-state index in [1.165, 1.54) is 16.0 Å². The topological polar surface area (TPSA) is 95.9 Å². The number of piperidine rings is 1. The van der Waals surface area contributed by atoms with Crippen LogP contribution in [0.3, 0.4) is 0 Å². The fourth-order valence-corrected chi connectivity index (χ4v) is 5.97. The van der Waals surface area contributed by atoms with Crippen molar-refractivity contribution in [3.05, 3.63) is 59.7 Å². The summed E-state index contributed by atoms with van der Waals surface area (Å²) in [5.74, 6) is -1.07. The third-order valence-corrected chi connectivity index (χ3v) is 7.78. The second-order valence-corrected chi connectivity index (χ2v) is 10.6. The maximum Gasteiger partial charge on any atom is 0.407 e. The average Bonchev–Trinajstić information content (AvgIpc) is 3.49. The van der Waals surface area contributed by atoms with Crippen LogP contribution in [0.4, 0.5) is 4.79 Å². The first-order valence-corrected chi connectivity index (χ1v) is 12.4. The molecule has 7 heteroatoms. The van der Waals surface area contributed by atoms with Gasteiger partial charge in [-0.05, 0) is 53.4 Å². The Balaban J connectivity index is 1.22. The highest BCUT2D eigenvalue weighted by atomic mass is 16.5. The van der Waals surface area contributed by atoms with Crippen LogP contribution in [0.15, 0.2) is 48.5 Å². The maximum atomic E-state index is 13.2. The molecule has 7 nitrogen and oxygen atoms in total. The lowest BCUT2D eigenvalue weighted by molar-refractivity contribution is -0.156. The number of hydrogen-bond acceptors (Lipinski definition) is 4. The van der Waals surface area contributed by atoms with Gasteiger partial charge >= 0.3 is 12.1 Å². The lowest BCUT2D eigenvalue weighted by Gasteiger charge is -2.41. The van der Waals surface area contributed by atoms with Gasteiger partial charge in [0, 0.05) is 12.5 Å². The second-order valence-electron chi connectivity index (χ2n) is 10.6. The molecule has 3 aliphatic rings. The summed E-state index contributed by atoms with van der Waals surface area (Å²) in [6, 6.07) is 15.5. The zero-order valence-corrected chi connectivity index (χ0v) is 20.2. The summed E-state index contributed by atoms with van der Waals surface area (Å²) in [5, 5.41) is 12.6. The summed E-state index contributed by atoms with van der Waals surface area (Å²) in [7, 11) is 0. The van der Waals surface area contributed by atoms with Gasteiger partial charge in [-0.3, -0.25) is 4.79 Å². The van der Waals surface area contributed by atoms with Gasteiger partial charge in [0.25, 0.3) is 0 Å². The number of aliphatic carboxylic acids is 1. The van der Waals surface area contributed by atoms with Crippen LogP contribution in [0.1, 0.15) is 56.6 Å². The van der Waals surface area contributed by atoms with E-state index >= 15 is 0 Å². The standard InChI is InChI=1S/C28H32N2O5/c1-17-13-18(2)25(26(32)33)30(15-17)24(31)14-28(11-12-28)29-27(34)35-16-23-21-9-5-3-7-19(21)20-8-4-6-10-22(20)23/h3-10,17-18,23,25H,11-16H2,1-2H3,(H,29,34)(H,32,33). The van der Waals surface area contributed by atoms with Gasteiger partial charge in [-0.2, -0.15) is 0 Å². The van der Waals surface area contributed by atoms with E-state index in [0.29, 0.717) is 19.4 Å². The first kappa shape index (κ1) is 23.4. The molecular formula is C28H32N2O5. The van der Waals surface area contributed by atoms with Gasteiger partial charge in [0.2, 0.25) is 5.91 Å². The van der Waals surface area contributed by atoms with Crippen molar-refractivity contribution in [2.45, 2.75) is 57.0 Å². The first-order valence-electron chi connectivity index (χ1n) is 12.4. The summed E-state index contributed by atoms with van der Waals surface area (Å²) in [5.41, 5.74) is 3.97. The largest absolute Gasteiger partial charge is 0.480 e. The van der Waals surface area contributed by atoms with Crippen LogP contribution in [-0.4, -0.2) is 52.7 Å². The number of carboxylic acids is 1. The molecule has 0 spiro atoms. The molecule has 5 rings (SSSR count). The molecule has 2 amide bonds. The molecule has 35 heavy (non-hydrogen) atoms. The van der Waals surface area contributed by atoms with Gasteiger partial charge in [0.05, 0.1) is 12.0 Å². The number of amides is 2. The lowest BCUT2D eigenvalue weighted by Crippen LogP contribution is -2.55. The van der Waals surface area contributed by atoms with Crippen molar-refractivity contribution in [3.63, 3.8) is 0 Å². The molecule has 3 atom stereocenters. The smallest absolute Gasteiger partial charge is 0.407 e. The number of nitrogens with one attached hydrogen (secondary N) is 1. The third-order valence-electron chi connectivity index (χ3n) is 7.78. The Morgan fingerprint density at radius 2 is 1.63 bits per heavy atom. The molecular weight excluding hydrogens is 444 g/mol. The molecule has 184 valence electrons. The number of benzene rings is 2. The summed E-state index contributed by atoms with van der Waals surface area (Å²) in [6.45, 7) is 4.57. The number of carbonyl (C=O) groups is 3. The van der Waals surface area contributed by atoms with E-state index in [1.54, 1.807) is 0 Å². The van der Waals surface area contributed by atoms with Gasteiger partial charge in [0.1, 0.15) is 12.6 Å². The Hall–Kier alpha value is -3.35. The highest BCUT2D eigenvalue weighted by molar-refractivity contribution is 5.86. The van der Waals surface area contributed by atoms with Crippen LogP contribution in [0, 0.1) is 11.8 Å². The SMILES string of the molecule is CC1CC(C)C(C(=O)O)N(C(=O)CC2(NC(=O)OCC3c4ccccc4-c4ccccc43)CC2)C1. The molecule has 2 aliphatic carbocycles. The zero-order chi connectivity index (χ0) is 24.7. The second kappa shape index (κ2) is 9.02. The van der Waals surface area contributed by atoms with Crippen LogP contribution < -0.4 is 5.32 Å². The number of carbonyl (C=O) groups excluding carboxylic acids is 2. The molecule has 2 N–H and O–H groups in total. The van der Waals surface area contributed by atoms with Crippen LogP contribution in [0.5, 0.6) is 0 Å². The zero-order valence-electron chi connectivity index (χ0n) is 20.2. The lowest BCUT2D eigenvalue weighted by atomic mass is 9.84. The summed E-state index contributed by atoms with van der Waals surface area (Å²) < 4.78 is 5.67. The molecule has 0 aromatic heterocycles. The van der Waals surface area contributed by atoms with Crippen LogP contribution in [0.2, 0.25) is 0 Å². The third kappa shape index (κ3) is 4.51. The fraction of sp³-hybridized carbons (Fsp3) is 0.464. The van der Waals surface area contributed by atoms with E-state index < -0.39 is 23.6 Å². The van der Waals surface area contributed by atoms with E-state index in [0.717, 1.165) is 17.5 Å². The highest BCUT2D eigenvalue weighted by Gasteiger charge is 2.49. The average molecular weight is 477 g/mol. The quantitative estimate of drug-likeness (QED) is 0.644. The minimum atomic E-state index is -0.966. The van der Waals surface area contributed by atoms with Gasteiger partial charge in [0.15, 0.2) is 0 Å². The van der Waals surface area contributed by atoms with Gasteiger partial charge < -0.3 is 20.1 Å².